The van der Waals surface area contributed by atoms with E-state index in [4.69, 9.17) is 0 Å². The number of rotatable bonds is 6. The average Bonchev–Trinajstić information content (AvgIpc) is 2.95. The van der Waals surface area contributed by atoms with Gasteiger partial charge >= 0.3 is 0 Å². The summed E-state index contributed by atoms with van der Waals surface area (Å²) < 4.78 is 0. The second-order valence-electron chi connectivity index (χ2n) is 7.13. The van der Waals surface area contributed by atoms with E-state index in [0.717, 1.165) is 6.42 Å². The second kappa shape index (κ2) is 8.08. The lowest BCUT2D eigenvalue weighted by Crippen LogP contribution is -2.40. The van der Waals surface area contributed by atoms with Crippen LogP contribution in [-0.4, -0.2) is 40.6 Å². The Bertz CT molecular complexity index is 669. The summed E-state index contributed by atoms with van der Waals surface area (Å²) in [6.45, 7) is 7.96. The molecule has 1 aromatic rings. The van der Waals surface area contributed by atoms with Gasteiger partial charge in [0, 0.05) is 32.4 Å². The Kier molecular flexibility index (Phi) is 6.32. The van der Waals surface area contributed by atoms with Crippen LogP contribution >= 0.6 is 11.3 Å². The topological polar surface area (TPSA) is 79.4 Å². The molecule has 7 heteroatoms. The lowest BCUT2D eigenvalue weighted by Gasteiger charge is -2.28. The zero-order valence-electron chi connectivity index (χ0n) is 15.6. The van der Waals surface area contributed by atoms with E-state index in [1.165, 1.54) is 11.3 Å². The summed E-state index contributed by atoms with van der Waals surface area (Å²) in [6, 6.07) is 0.0924. The van der Waals surface area contributed by atoms with Crippen LogP contribution in [-0.2, 0) is 16.0 Å². The van der Waals surface area contributed by atoms with Crippen LogP contribution in [0.3, 0.4) is 0 Å². The number of fused-ring (bicyclic) bond motifs is 1. The molecule has 1 aliphatic carbocycles. The fourth-order valence-corrected chi connectivity index (χ4v) is 3.69. The smallest absolute Gasteiger partial charge is 0.226 e. The Hall–Kier alpha value is -1.76. The average molecular weight is 365 g/mol. The number of anilines is 1. The number of carbonyl (C=O) groups excluding carboxylic acids is 3. The SMILES string of the molecule is CC[C@@H](C)CC(=O)Nc1nc2c(s1)C(=O)C[C@@H](C(=O)N(C)C(C)C)C2. The van der Waals surface area contributed by atoms with E-state index < -0.39 is 0 Å². The van der Waals surface area contributed by atoms with Crippen molar-refractivity contribution in [1.29, 1.82) is 0 Å². The van der Waals surface area contributed by atoms with E-state index in [2.05, 4.69) is 10.3 Å². The molecule has 0 aromatic carbocycles. The van der Waals surface area contributed by atoms with E-state index in [0.29, 0.717) is 34.5 Å². The van der Waals surface area contributed by atoms with Crippen molar-refractivity contribution in [2.24, 2.45) is 11.8 Å². The van der Waals surface area contributed by atoms with E-state index in [9.17, 15) is 14.4 Å². The Morgan fingerprint density at radius 1 is 1.32 bits per heavy atom. The Balaban J connectivity index is 2.09. The Morgan fingerprint density at radius 3 is 2.60 bits per heavy atom. The van der Waals surface area contributed by atoms with Gasteiger partial charge in [-0.1, -0.05) is 31.6 Å². The van der Waals surface area contributed by atoms with Gasteiger partial charge in [-0.05, 0) is 19.8 Å². The number of Topliss-reactive ketones (excluding diaryl/α,β-unsaturated/α-hetero) is 1. The standard InChI is InChI=1S/C18H27N3O3S/c1-6-11(4)7-15(23)20-18-19-13-8-12(9-14(22)16(13)25-18)17(24)21(5)10(2)3/h10-12H,6-9H2,1-5H3,(H,19,20,23)/t11-,12+/m1/s1. The summed E-state index contributed by atoms with van der Waals surface area (Å²) in [4.78, 5) is 43.6. The molecule has 2 amide bonds. The number of thiazole rings is 1. The van der Waals surface area contributed by atoms with Crippen molar-refractivity contribution in [2.75, 3.05) is 12.4 Å². The van der Waals surface area contributed by atoms with Crippen molar-refractivity contribution in [2.45, 2.75) is 59.4 Å². The van der Waals surface area contributed by atoms with Crippen LogP contribution in [0.5, 0.6) is 0 Å². The number of carbonyl (C=O) groups is 3. The molecule has 1 aromatic heterocycles. The largest absolute Gasteiger partial charge is 0.343 e. The highest BCUT2D eigenvalue weighted by atomic mass is 32.1. The highest BCUT2D eigenvalue weighted by Gasteiger charge is 2.34. The quantitative estimate of drug-likeness (QED) is 0.840. The molecule has 2 rings (SSSR count). The molecule has 6 nitrogen and oxygen atoms in total. The highest BCUT2D eigenvalue weighted by molar-refractivity contribution is 7.17. The van der Waals surface area contributed by atoms with Crippen LogP contribution < -0.4 is 5.32 Å². The van der Waals surface area contributed by atoms with Crippen molar-refractivity contribution >= 4 is 34.1 Å². The fourth-order valence-electron chi connectivity index (χ4n) is 2.73. The normalized spacial score (nSPS) is 18.0. The molecule has 0 spiro atoms. The number of aromatic nitrogens is 1. The van der Waals surface area contributed by atoms with Gasteiger partial charge in [0.15, 0.2) is 10.9 Å². The first-order chi connectivity index (χ1) is 11.7. The number of hydrogen-bond donors (Lipinski definition) is 1. The van der Waals surface area contributed by atoms with Crippen LogP contribution in [0.2, 0.25) is 0 Å². The number of ketones is 1. The van der Waals surface area contributed by atoms with Crippen LogP contribution in [0.1, 0.15) is 62.3 Å². The van der Waals surface area contributed by atoms with Gasteiger partial charge in [-0.3, -0.25) is 14.4 Å². The van der Waals surface area contributed by atoms with Gasteiger partial charge in [-0.15, -0.1) is 0 Å². The second-order valence-corrected chi connectivity index (χ2v) is 8.13. The van der Waals surface area contributed by atoms with Gasteiger partial charge in [-0.2, -0.15) is 0 Å². The van der Waals surface area contributed by atoms with E-state index in [1.54, 1.807) is 11.9 Å². The van der Waals surface area contributed by atoms with E-state index in [1.807, 2.05) is 27.7 Å². The fraction of sp³-hybridized carbons (Fsp3) is 0.667. The Labute approximate surface area is 153 Å². The van der Waals surface area contributed by atoms with Gasteiger partial charge < -0.3 is 10.2 Å². The molecule has 0 radical (unpaired) electrons. The van der Waals surface area contributed by atoms with Crippen LogP contribution in [0, 0.1) is 11.8 Å². The number of nitrogens with one attached hydrogen (secondary N) is 1. The molecule has 1 heterocycles. The van der Waals surface area contributed by atoms with Gasteiger partial charge in [0.05, 0.1) is 16.5 Å². The maximum atomic E-state index is 12.5. The molecule has 138 valence electrons. The molecule has 1 aliphatic rings. The van der Waals surface area contributed by atoms with Crippen molar-refractivity contribution in [3.63, 3.8) is 0 Å². The minimum absolute atomic E-state index is 0.0237. The molecule has 0 unspecified atom stereocenters. The van der Waals surface area contributed by atoms with Gasteiger partial charge in [0.2, 0.25) is 11.8 Å². The minimum atomic E-state index is -0.363. The van der Waals surface area contributed by atoms with Crippen LogP contribution in [0.4, 0.5) is 5.13 Å². The molecule has 0 bridgehead atoms. The molecule has 2 atom stereocenters. The lowest BCUT2D eigenvalue weighted by atomic mass is 9.89. The van der Waals surface area contributed by atoms with E-state index >= 15 is 0 Å². The number of hydrogen-bond acceptors (Lipinski definition) is 5. The van der Waals surface area contributed by atoms with Gasteiger partial charge in [0.1, 0.15) is 0 Å². The zero-order chi connectivity index (χ0) is 18.7. The Morgan fingerprint density at radius 2 is 2.00 bits per heavy atom. The third-order valence-electron chi connectivity index (χ3n) is 4.77. The number of nitrogens with zero attached hydrogens (tertiary/aromatic N) is 2. The van der Waals surface area contributed by atoms with Crippen molar-refractivity contribution in [3.05, 3.63) is 10.6 Å². The van der Waals surface area contributed by atoms with Gasteiger partial charge in [-0.25, -0.2) is 4.98 Å². The summed E-state index contributed by atoms with van der Waals surface area (Å²) in [6.07, 6.45) is 2.04. The van der Waals surface area contributed by atoms with Crippen LogP contribution in [0.25, 0.3) is 0 Å². The molecule has 1 N–H and O–H groups in total. The molecular weight excluding hydrogens is 338 g/mol. The number of amides is 2. The summed E-state index contributed by atoms with van der Waals surface area (Å²) in [5.41, 5.74) is 0.635. The monoisotopic (exact) mass is 365 g/mol. The predicted molar refractivity (Wildman–Crippen MR) is 98.9 cm³/mol. The van der Waals surface area contributed by atoms with Crippen molar-refractivity contribution in [3.8, 4) is 0 Å². The maximum Gasteiger partial charge on any atom is 0.226 e. The van der Waals surface area contributed by atoms with Crippen molar-refractivity contribution < 1.29 is 14.4 Å². The third-order valence-corrected chi connectivity index (χ3v) is 5.82. The first-order valence-corrected chi connectivity index (χ1v) is 9.63. The van der Waals surface area contributed by atoms with Crippen molar-refractivity contribution in [1.82, 2.24) is 9.88 Å². The summed E-state index contributed by atoms with van der Waals surface area (Å²) >= 11 is 1.22. The first kappa shape index (κ1) is 19.6. The van der Waals surface area contributed by atoms with E-state index in [-0.39, 0.29) is 36.0 Å². The third kappa shape index (κ3) is 4.66. The minimum Gasteiger partial charge on any atom is -0.343 e. The first-order valence-electron chi connectivity index (χ1n) is 8.82. The molecular formula is C18H27N3O3S. The molecule has 0 aliphatic heterocycles. The predicted octanol–water partition coefficient (Wildman–Crippen LogP) is 3.13. The zero-order valence-corrected chi connectivity index (χ0v) is 16.4. The van der Waals surface area contributed by atoms with Crippen LogP contribution in [0.15, 0.2) is 0 Å². The van der Waals surface area contributed by atoms with Gasteiger partial charge in [0.25, 0.3) is 0 Å². The summed E-state index contributed by atoms with van der Waals surface area (Å²) in [7, 11) is 1.76. The maximum absolute atomic E-state index is 12.5. The summed E-state index contributed by atoms with van der Waals surface area (Å²) in [5.74, 6) is -0.218. The molecule has 0 fully saturated rings. The summed E-state index contributed by atoms with van der Waals surface area (Å²) in [5, 5.41) is 3.25. The molecule has 0 saturated carbocycles. The lowest BCUT2D eigenvalue weighted by molar-refractivity contribution is -0.135. The molecule has 25 heavy (non-hydrogen) atoms. The molecule has 0 saturated heterocycles. The highest BCUT2D eigenvalue weighted by Crippen LogP contribution is 2.33.